The number of ketones is 1. The predicted molar refractivity (Wildman–Crippen MR) is 43.8 cm³/mol. The monoisotopic (exact) mass is 229 g/mol. The second kappa shape index (κ2) is 5.09. The average Bonchev–Trinajstić information content (AvgIpc) is 2.12. The minimum Gasteiger partial charge on any atom is -0.344 e. The Morgan fingerprint density at radius 2 is 1.73 bits per heavy atom. The van der Waals surface area contributed by atoms with Gasteiger partial charge >= 0.3 is 12.3 Å². The van der Waals surface area contributed by atoms with Crippen LogP contribution < -0.4 is 5.32 Å². The molecule has 0 saturated carbocycles. The van der Waals surface area contributed by atoms with Crippen molar-refractivity contribution in [3.63, 3.8) is 0 Å². The van der Waals surface area contributed by atoms with Crippen LogP contribution >= 0.6 is 0 Å². The second-order valence-corrected chi connectivity index (χ2v) is 3.23. The maximum Gasteiger partial charge on any atom is 0.383 e. The van der Waals surface area contributed by atoms with Crippen molar-refractivity contribution in [3.05, 3.63) is 0 Å². The Kier molecular flexibility index (Phi) is 4.70. The van der Waals surface area contributed by atoms with Gasteiger partial charge < -0.3 is 5.32 Å². The first-order chi connectivity index (χ1) is 6.69. The highest BCUT2D eigenvalue weighted by molar-refractivity contribution is 5.90. The number of hydrogen-bond donors (Lipinski definition) is 1. The van der Waals surface area contributed by atoms with Crippen LogP contribution in [0.1, 0.15) is 13.8 Å². The van der Waals surface area contributed by atoms with Gasteiger partial charge in [-0.3, -0.25) is 9.59 Å². The normalized spacial score (nSPS) is 12.0. The molecule has 7 heteroatoms. The van der Waals surface area contributed by atoms with Crippen molar-refractivity contribution in [2.75, 3.05) is 6.54 Å². The van der Waals surface area contributed by atoms with E-state index in [2.05, 4.69) is 0 Å². The van der Waals surface area contributed by atoms with Crippen molar-refractivity contribution >= 4 is 11.7 Å². The van der Waals surface area contributed by atoms with E-state index in [4.69, 9.17) is 0 Å². The number of alkyl halides is 4. The lowest BCUT2D eigenvalue weighted by Crippen LogP contribution is -2.47. The smallest absolute Gasteiger partial charge is 0.344 e. The molecule has 0 unspecified atom stereocenters. The zero-order valence-corrected chi connectivity index (χ0v) is 8.19. The summed E-state index contributed by atoms with van der Waals surface area (Å²) in [7, 11) is 0. The van der Waals surface area contributed by atoms with Crippen molar-refractivity contribution in [1.82, 2.24) is 5.32 Å². The fourth-order valence-electron chi connectivity index (χ4n) is 0.588. The molecule has 1 amide bonds. The van der Waals surface area contributed by atoms with Gasteiger partial charge in [-0.15, -0.1) is 0 Å². The minimum absolute atomic E-state index is 0.453. The number of carbonyl (C=O) groups excluding carboxylic acids is 2. The van der Waals surface area contributed by atoms with Crippen molar-refractivity contribution in [2.24, 2.45) is 5.92 Å². The number of hydrogen-bond acceptors (Lipinski definition) is 2. The van der Waals surface area contributed by atoms with Gasteiger partial charge in [0.25, 0.3) is 5.91 Å². The number of carbonyl (C=O) groups is 2. The van der Waals surface area contributed by atoms with Crippen LogP contribution in [0.4, 0.5) is 17.6 Å². The highest BCUT2D eigenvalue weighted by Crippen LogP contribution is 2.22. The summed E-state index contributed by atoms with van der Waals surface area (Å²) in [5, 5.41) is 1.47. The van der Waals surface area contributed by atoms with Gasteiger partial charge in [-0.05, 0) is 0 Å². The summed E-state index contributed by atoms with van der Waals surface area (Å²) in [4.78, 5) is 21.4. The fourth-order valence-corrected chi connectivity index (χ4v) is 0.588. The molecule has 0 saturated heterocycles. The molecule has 0 radical (unpaired) electrons. The predicted octanol–water partition coefficient (Wildman–Crippen LogP) is 1.23. The third-order valence-electron chi connectivity index (χ3n) is 1.64. The van der Waals surface area contributed by atoms with Crippen LogP contribution in [-0.2, 0) is 9.59 Å². The molecule has 0 aliphatic rings. The molecule has 0 bridgehead atoms. The highest BCUT2D eigenvalue weighted by atomic mass is 19.3. The molecule has 0 fully saturated rings. The van der Waals surface area contributed by atoms with Gasteiger partial charge in [0.1, 0.15) is 0 Å². The summed E-state index contributed by atoms with van der Waals surface area (Å²) in [6.45, 7) is 2.33. The number of halogens is 4. The SMILES string of the molecule is CC(C)C(=O)CNC(=O)C(F)(F)C(F)F. The maximum absolute atomic E-state index is 12.3. The van der Waals surface area contributed by atoms with Crippen molar-refractivity contribution in [2.45, 2.75) is 26.2 Å². The van der Waals surface area contributed by atoms with Crippen LogP contribution in [-0.4, -0.2) is 30.6 Å². The van der Waals surface area contributed by atoms with Crippen molar-refractivity contribution in [1.29, 1.82) is 0 Å². The van der Waals surface area contributed by atoms with E-state index in [1.807, 2.05) is 0 Å². The van der Waals surface area contributed by atoms with Gasteiger partial charge in [0.05, 0.1) is 6.54 Å². The lowest BCUT2D eigenvalue weighted by molar-refractivity contribution is -0.169. The first-order valence-electron chi connectivity index (χ1n) is 4.16. The first kappa shape index (κ1) is 13.9. The highest BCUT2D eigenvalue weighted by Gasteiger charge is 2.48. The molecule has 0 aromatic carbocycles. The molecule has 0 spiro atoms. The molecule has 0 aromatic heterocycles. The van der Waals surface area contributed by atoms with E-state index in [9.17, 15) is 27.2 Å². The Balaban J connectivity index is 4.22. The lowest BCUT2D eigenvalue weighted by atomic mass is 10.1. The van der Waals surface area contributed by atoms with Gasteiger partial charge in [-0.1, -0.05) is 13.8 Å². The topological polar surface area (TPSA) is 46.2 Å². The standard InChI is InChI=1S/C8H11F4NO2/c1-4(2)5(14)3-13-7(15)8(11,12)6(9)10/h4,6H,3H2,1-2H3,(H,13,15). The molecule has 0 aromatic rings. The van der Waals surface area contributed by atoms with E-state index >= 15 is 0 Å². The molecule has 0 rings (SSSR count). The van der Waals surface area contributed by atoms with Crippen LogP contribution in [0.5, 0.6) is 0 Å². The van der Waals surface area contributed by atoms with Gasteiger partial charge in [0, 0.05) is 5.92 Å². The zero-order valence-electron chi connectivity index (χ0n) is 8.19. The van der Waals surface area contributed by atoms with Crippen molar-refractivity contribution in [3.8, 4) is 0 Å². The van der Waals surface area contributed by atoms with Crippen LogP contribution in [0.3, 0.4) is 0 Å². The van der Waals surface area contributed by atoms with E-state index in [0.717, 1.165) is 0 Å². The van der Waals surface area contributed by atoms with E-state index in [0.29, 0.717) is 0 Å². The average molecular weight is 229 g/mol. The number of Topliss-reactive ketones (excluding diaryl/α,β-unsaturated/α-hetero) is 1. The summed E-state index contributed by atoms with van der Waals surface area (Å²) < 4.78 is 47.9. The molecule has 88 valence electrons. The number of nitrogens with one attached hydrogen (secondary N) is 1. The van der Waals surface area contributed by atoms with Gasteiger partial charge in [-0.2, -0.15) is 8.78 Å². The lowest BCUT2D eigenvalue weighted by Gasteiger charge is -2.14. The molecule has 0 aliphatic heterocycles. The largest absolute Gasteiger partial charge is 0.383 e. The second-order valence-electron chi connectivity index (χ2n) is 3.23. The summed E-state index contributed by atoms with van der Waals surface area (Å²) in [6.07, 6.45) is -4.08. The zero-order chi connectivity index (χ0) is 12.2. The van der Waals surface area contributed by atoms with E-state index < -0.39 is 36.5 Å². The van der Waals surface area contributed by atoms with E-state index in [1.54, 1.807) is 0 Å². The number of rotatable bonds is 5. The molecule has 3 nitrogen and oxygen atoms in total. The summed E-state index contributed by atoms with van der Waals surface area (Å²) in [5.74, 6) is -7.84. The third kappa shape index (κ3) is 3.85. The maximum atomic E-state index is 12.3. The Morgan fingerprint density at radius 3 is 2.07 bits per heavy atom. The Morgan fingerprint density at radius 1 is 1.27 bits per heavy atom. The van der Waals surface area contributed by atoms with E-state index in [1.165, 1.54) is 19.2 Å². The third-order valence-corrected chi connectivity index (χ3v) is 1.64. The Hall–Kier alpha value is -1.14. The molecule has 0 atom stereocenters. The van der Waals surface area contributed by atoms with Gasteiger partial charge in [0.2, 0.25) is 0 Å². The molecule has 0 heterocycles. The summed E-state index contributed by atoms with van der Waals surface area (Å²) >= 11 is 0. The Labute approximate surface area is 83.8 Å². The summed E-state index contributed by atoms with van der Waals surface area (Å²) in [6, 6.07) is 0. The molecular weight excluding hydrogens is 218 g/mol. The first-order valence-corrected chi connectivity index (χ1v) is 4.16. The Bertz CT molecular complexity index is 253. The molecule has 1 N–H and O–H groups in total. The van der Waals surface area contributed by atoms with Crippen LogP contribution in [0.2, 0.25) is 0 Å². The van der Waals surface area contributed by atoms with Crippen LogP contribution in [0, 0.1) is 5.92 Å². The van der Waals surface area contributed by atoms with Crippen LogP contribution in [0.15, 0.2) is 0 Å². The van der Waals surface area contributed by atoms with Gasteiger partial charge in [0.15, 0.2) is 5.78 Å². The minimum atomic E-state index is -4.75. The molecular formula is C8H11F4NO2. The summed E-state index contributed by atoms with van der Waals surface area (Å²) in [5.41, 5.74) is 0. The fraction of sp³-hybridized carbons (Fsp3) is 0.750. The van der Waals surface area contributed by atoms with Crippen LogP contribution in [0.25, 0.3) is 0 Å². The van der Waals surface area contributed by atoms with Crippen molar-refractivity contribution < 1.29 is 27.2 Å². The quantitative estimate of drug-likeness (QED) is 0.720. The number of amides is 1. The van der Waals surface area contributed by atoms with E-state index in [-0.39, 0.29) is 0 Å². The molecule has 0 aliphatic carbocycles. The molecule has 15 heavy (non-hydrogen) atoms. The van der Waals surface area contributed by atoms with Gasteiger partial charge in [-0.25, -0.2) is 8.78 Å².